The van der Waals surface area contributed by atoms with Crippen molar-refractivity contribution in [2.24, 2.45) is 0 Å². The van der Waals surface area contributed by atoms with Crippen LogP contribution in [0.4, 0.5) is 8.78 Å². The summed E-state index contributed by atoms with van der Waals surface area (Å²) in [4.78, 5) is 1.74. The SMILES string of the molecule is CC.CC/C(C)=C\CN(CC)CC(F)F. The molecule has 1 nitrogen and oxygen atoms in total. The fraction of sp³-hybridized carbons (Fsp3) is 0.833. The molecule has 0 aliphatic rings. The Labute approximate surface area is 93.2 Å². The average molecular weight is 221 g/mol. The Morgan fingerprint density at radius 3 is 2.13 bits per heavy atom. The summed E-state index contributed by atoms with van der Waals surface area (Å²) in [5.74, 6) is 0. The Morgan fingerprint density at radius 1 is 1.27 bits per heavy atom. The molecule has 0 aliphatic carbocycles. The number of allylic oxidation sites excluding steroid dienone is 1. The first-order valence-corrected chi connectivity index (χ1v) is 5.76. The second-order valence-electron chi connectivity index (χ2n) is 3.15. The summed E-state index contributed by atoms with van der Waals surface area (Å²) in [6.45, 7) is 11.2. The van der Waals surface area contributed by atoms with Crippen molar-refractivity contribution in [3.05, 3.63) is 11.6 Å². The Hall–Kier alpha value is -0.440. The highest BCUT2D eigenvalue weighted by atomic mass is 19.3. The molecule has 0 atom stereocenters. The molecule has 0 aliphatic heterocycles. The van der Waals surface area contributed by atoms with Gasteiger partial charge >= 0.3 is 0 Å². The Balaban J connectivity index is 0. The molecule has 0 unspecified atom stereocenters. The zero-order valence-corrected chi connectivity index (χ0v) is 10.7. The fourth-order valence-corrected chi connectivity index (χ4v) is 0.957. The van der Waals surface area contributed by atoms with Crippen LogP contribution in [-0.2, 0) is 0 Å². The van der Waals surface area contributed by atoms with E-state index in [1.54, 1.807) is 4.90 Å². The molecule has 0 amide bonds. The third-order valence-corrected chi connectivity index (χ3v) is 2.10. The maximum absolute atomic E-state index is 12.0. The van der Waals surface area contributed by atoms with E-state index in [0.29, 0.717) is 13.1 Å². The van der Waals surface area contributed by atoms with Crippen LogP contribution in [0.1, 0.15) is 41.0 Å². The van der Waals surface area contributed by atoms with E-state index >= 15 is 0 Å². The number of rotatable bonds is 6. The smallest absolute Gasteiger partial charge is 0.251 e. The van der Waals surface area contributed by atoms with Crippen LogP contribution in [0.2, 0.25) is 0 Å². The topological polar surface area (TPSA) is 3.24 Å². The van der Waals surface area contributed by atoms with E-state index < -0.39 is 6.43 Å². The van der Waals surface area contributed by atoms with Crippen molar-refractivity contribution in [1.29, 1.82) is 0 Å². The number of hydrogen-bond donors (Lipinski definition) is 0. The third-order valence-electron chi connectivity index (χ3n) is 2.10. The van der Waals surface area contributed by atoms with Crippen LogP contribution in [0.15, 0.2) is 11.6 Å². The molecule has 0 fully saturated rings. The summed E-state index contributed by atoms with van der Waals surface area (Å²) in [5, 5.41) is 0. The van der Waals surface area contributed by atoms with Gasteiger partial charge in [-0.05, 0) is 19.9 Å². The number of nitrogens with zero attached hydrogens (tertiary/aromatic N) is 1. The van der Waals surface area contributed by atoms with Gasteiger partial charge in [0.25, 0.3) is 6.43 Å². The van der Waals surface area contributed by atoms with Crippen LogP contribution in [0.5, 0.6) is 0 Å². The third kappa shape index (κ3) is 11.5. The predicted octanol–water partition coefficient (Wildman–Crippen LogP) is 3.96. The lowest BCUT2D eigenvalue weighted by Gasteiger charge is -2.17. The van der Waals surface area contributed by atoms with Gasteiger partial charge in [0.05, 0.1) is 6.54 Å². The number of halogens is 2. The van der Waals surface area contributed by atoms with Gasteiger partial charge in [0, 0.05) is 6.54 Å². The molecular weight excluding hydrogens is 196 g/mol. The van der Waals surface area contributed by atoms with Crippen molar-refractivity contribution in [2.75, 3.05) is 19.6 Å². The molecule has 0 radical (unpaired) electrons. The molecule has 0 N–H and O–H groups in total. The van der Waals surface area contributed by atoms with Gasteiger partial charge in [-0.3, -0.25) is 4.90 Å². The van der Waals surface area contributed by atoms with Crippen molar-refractivity contribution >= 4 is 0 Å². The predicted molar refractivity (Wildman–Crippen MR) is 63.5 cm³/mol. The van der Waals surface area contributed by atoms with Crippen LogP contribution in [-0.4, -0.2) is 31.0 Å². The zero-order chi connectivity index (χ0) is 12.3. The molecule has 0 aromatic rings. The minimum Gasteiger partial charge on any atom is -0.294 e. The lowest BCUT2D eigenvalue weighted by atomic mass is 10.2. The van der Waals surface area contributed by atoms with Gasteiger partial charge < -0.3 is 0 Å². The van der Waals surface area contributed by atoms with Gasteiger partial charge in [-0.25, -0.2) is 8.78 Å². The average Bonchev–Trinajstić information content (AvgIpc) is 2.25. The maximum Gasteiger partial charge on any atom is 0.251 e. The number of likely N-dealkylation sites (N-methyl/N-ethyl adjacent to an activating group) is 1. The van der Waals surface area contributed by atoms with Gasteiger partial charge in [-0.2, -0.15) is 0 Å². The Bertz CT molecular complexity index is 156. The molecule has 0 spiro atoms. The van der Waals surface area contributed by atoms with E-state index in [4.69, 9.17) is 0 Å². The number of hydrogen-bond acceptors (Lipinski definition) is 1. The minimum atomic E-state index is -2.23. The molecule has 3 heteroatoms. The molecule has 0 aromatic heterocycles. The van der Waals surface area contributed by atoms with Gasteiger partial charge in [0.1, 0.15) is 0 Å². The van der Waals surface area contributed by atoms with E-state index in [1.165, 1.54) is 5.57 Å². The van der Waals surface area contributed by atoms with E-state index in [9.17, 15) is 8.78 Å². The molecule has 0 bridgehead atoms. The molecule has 0 aromatic carbocycles. The van der Waals surface area contributed by atoms with Gasteiger partial charge in [0.15, 0.2) is 0 Å². The highest BCUT2D eigenvalue weighted by Gasteiger charge is 2.08. The minimum absolute atomic E-state index is 0.121. The second-order valence-corrected chi connectivity index (χ2v) is 3.15. The zero-order valence-electron chi connectivity index (χ0n) is 10.7. The Morgan fingerprint density at radius 2 is 1.80 bits per heavy atom. The Kier molecular flexibility index (Phi) is 13.2. The van der Waals surface area contributed by atoms with Crippen LogP contribution in [0.25, 0.3) is 0 Å². The molecule has 0 rings (SSSR count). The summed E-state index contributed by atoms with van der Waals surface area (Å²) in [7, 11) is 0. The highest BCUT2D eigenvalue weighted by molar-refractivity contribution is 4.98. The first-order chi connectivity index (χ1) is 7.10. The molecule has 0 saturated heterocycles. The summed E-state index contributed by atoms with van der Waals surface area (Å²) in [5.41, 5.74) is 1.26. The monoisotopic (exact) mass is 221 g/mol. The summed E-state index contributed by atoms with van der Waals surface area (Å²) in [6.07, 6.45) is 0.785. The highest BCUT2D eigenvalue weighted by Crippen LogP contribution is 2.01. The largest absolute Gasteiger partial charge is 0.294 e. The first kappa shape index (κ1) is 17.0. The van der Waals surface area contributed by atoms with Crippen LogP contribution < -0.4 is 0 Å². The lowest BCUT2D eigenvalue weighted by molar-refractivity contribution is 0.0962. The molecule has 0 heterocycles. The summed E-state index contributed by atoms with van der Waals surface area (Å²) in [6, 6.07) is 0. The summed E-state index contributed by atoms with van der Waals surface area (Å²) < 4.78 is 24.0. The second kappa shape index (κ2) is 11.6. The standard InChI is InChI=1S/C10H19F2N.C2H6/c1-4-9(3)6-7-13(5-2)8-10(11)12;1-2/h6,10H,4-5,7-8H2,1-3H3;1-2H3/b9-6-;. The van der Waals surface area contributed by atoms with Crippen molar-refractivity contribution in [2.45, 2.75) is 47.5 Å². The number of alkyl halides is 2. The molecule has 0 saturated carbocycles. The van der Waals surface area contributed by atoms with E-state index in [2.05, 4.69) is 6.92 Å². The molecule has 92 valence electrons. The fourth-order valence-electron chi connectivity index (χ4n) is 0.957. The summed E-state index contributed by atoms with van der Waals surface area (Å²) >= 11 is 0. The van der Waals surface area contributed by atoms with Gasteiger partial charge in [-0.15, -0.1) is 0 Å². The quantitative estimate of drug-likeness (QED) is 0.614. The molecule has 15 heavy (non-hydrogen) atoms. The van der Waals surface area contributed by atoms with Crippen LogP contribution in [0, 0.1) is 0 Å². The maximum atomic E-state index is 12.0. The van der Waals surface area contributed by atoms with Crippen molar-refractivity contribution in [3.63, 3.8) is 0 Å². The normalized spacial score (nSPS) is 11.7. The molecular formula is C12H25F2N. The first-order valence-electron chi connectivity index (χ1n) is 5.76. The van der Waals surface area contributed by atoms with Gasteiger partial charge in [-0.1, -0.05) is 39.3 Å². The van der Waals surface area contributed by atoms with E-state index in [0.717, 1.165) is 6.42 Å². The van der Waals surface area contributed by atoms with Crippen LogP contribution >= 0.6 is 0 Å². The van der Waals surface area contributed by atoms with Crippen LogP contribution in [0.3, 0.4) is 0 Å². The lowest BCUT2D eigenvalue weighted by Crippen LogP contribution is -2.28. The van der Waals surface area contributed by atoms with E-state index in [1.807, 2.05) is 33.8 Å². The van der Waals surface area contributed by atoms with Gasteiger partial charge in [0.2, 0.25) is 0 Å². The van der Waals surface area contributed by atoms with Crippen molar-refractivity contribution in [3.8, 4) is 0 Å². The van der Waals surface area contributed by atoms with E-state index in [-0.39, 0.29) is 6.54 Å². The van der Waals surface area contributed by atoms with Crippen molar-refractivity contribution < 1.29 is 8.78 Å². The van der Waals surface area contributed by atoms with Crippen molar-refractivity contribution in [1.82, 2.24) is 4.90 Å².